The lowest BCUT2D eigenvalue weighted by atomic mass is 10.1. The average molecular weight is 303 g/mol. The summed E-state index contributed by atoms with van der Waals surface area (Å²) in [6.07, 6.45) is 2.72. The standard InChI is InChI=1S/C12H17NO4S2/c1-3-17-12(14)10-8-6-5-7-9(8)18-11(10)13-19(15,16)4-2/h13H,3-7H2,1-2H3. The molecule has 0 radical (unpaired) electrons. The van der Waals surface area contributed by atoms with Crippen molar-refractivity contribution in [2.45, 2.75) is 33.1 Å². The number of esters is 1. The Morgan fingerprint density at radius 1 is 1.37 bits per heavy atom. The van der Waals surface area contributed by atoms with Crippen LogP contribution in [0, 0.1) is 0 Å². The summed E-state index contributed by atoms with van der Waals surface area (Å²) in [4.78, 5) is 13.1. The number of carbonyl (C=O) groups is 1. The van der Waals surface area contributed by atoms with Crippen LogP contribution in [0.4, 0.5) is 5.00 Å². The molecule has 0 atom stereocenters. The number of sulfonamides is 1. The van der Waals surface area contributed by atoms with Crippen molar-refractivity contribution in [3.63, 3.8) is 0 Å². The van der Waals surface area contributed by atoms with E-state index in [1.54, 1.807) is 13.8 Å². The van der Waals surface area contributed by atoms with Crippen molar-refractivity contribution in [2.24, 2.45) is 0 Å². The van der Waals surface area contributed by atoms with Gasteiger partial charge in [0.05, 0.1) is 17.9 Å². The van der Waals surface area contributed by atoms with E-state index >= 15 is 0 Å². The maximum atomic E-state index is 12.0. The fraction of sp³-hybridized carbons (Fsp3) is 0.583. The Morgan fingerprint density at radius 2 is 2.11 bits per heavy atom. The minimum absolute atomic E-state index is 0.0160. The van der Waals surface area contributed by atoms with Crippen LogP contribution in [-0.2, 0) is 27.6 Å². The fourth-order valence-corrected chi connectivity index (χ4v) is 4.31. The Morgan fingerprint density at radius 3 is 2.74 bits per heavy atom. The van der Waals surface area contributed by atoms with Crippen LogP contribution < -0.4 is 4.72 Å². The van der Waals surface area contributed by atoms with Crippen LogP contribution in [-0.4, -0.2) is 26.7 Å². The Bertz CT molecular complexity index is 589. The molecular formula is C12H17NO4S2. The molecule has 106 valence electrons. The molecule has 0 bridgehead atoms. The number of hydrogen-bond acceptors (Lipinski definition) is 5. The van der Waals surface area contributed by atoms with Gasteiger partial charge in [0.25, 0.3) is 0 Å². The zero-order chi connectivity index (χ0) is 14.0. The number of hydrogen-bond donors (Lipinski definition) is 1. The van der Waals surface area contributed by atoms with Crippen molar-refractivity contribution in [1.82, 2.24) is 0 Å². The highest BCUT2D eigenvalue weighted by molar-refractivity contribution is 7.92. The second kappa shape index (κ2) is 5.50. The minimum Gasteiger partial charge on any atom is -0.462 e. The van der Waals surface area contributed by atoms with Gasteiger partial charge in [0.1, 0.15) is 5.00 Å². The van der Waals surface area contributed by atoms with Crippen LogP contribution in [0.1, 0.15) is 41.1 Å². The average Bonchev–Trinajstić information content (AvgIpc) is 2.88. The Kier molecular flexibility index (Phi) is 4.15. The molecule has 0 fully saturated rings. The topological polar surface area (TPSA) is 72.5 Å². The van der Waals surface area contributed by atoms with Gasteiger partial charge in [-0.2, -0.15) is 0 Å². The van der Waals surface area contributed by atoms with Gasteiger partial charge in [-0.15, -0.1) is 11.3 Å². The molecule has 5 nitrogen and oxygen atoms in total. The van der Waals surface area contributed by atoms with Crippen molar-refractivity contribution < 1.29 is 17.9 Å². The molecule has 1 aliphatic rings. The highest BCUT2D eigenvalue weighted by atomic mass is 32.2. The molecule has 0 amide bonds. The number of ether oxygens (including phenoxy) is 1. The van der Waals surface area contributed by atoms with E-state index < -0.39 is 16.0 Å². The lowest BCUT2D eigenvalue weighted by molar-refractivity contribution is 0.0527. The highest BCUT2D eigenvalue weighted by Gasteiger charge is 2.28. The van der Waals surface area contributed by atoms with Crippen molar-refractivity contribution in [1.29, 1.82) is 0 Å². The van der Waals surface area contributed by atoms with Crippen molar-refractivity contribution in [3.8, 4) is 0 Å². The highest BCUT2D eigenvalue weighted by Crippen LogP contribution is 2.39. The van der Waals surface area contributed by atoms with Gasteiger partial charge in [-0.3, -0.25) is 4.72 Å². The fourth-order valence-electron chi connectivity index (χ4n) is 2.11. The molecule has 0 spiro atoms. The largest absolute Gasteiger partial charge is 0.462 e. The lowest BCUT2D eigenvalue weighted by Gasteiger charge is -2.08. The summed E-state index contributed by atoms with van der Waals surface area (Å²) in [5, 5.41) is 0.407. The van der Waals surface area contributed by atoms with E-state index in [4.69, 9.17) is 4.74 Å². The van der Waals surface area contributed by atoms with Crippen LogP contribution in [0.15, 0.2) is 0 Å². The van der Waals surface area contributed by atoms with E-state index in [2.05, 4.69) is 4.72 Å². The van der Waals surface area contributed by atoms with Crippen LogP contribution >= 0.6 is 11.3 Å². The van der Waals surface area contributed by atoms with Gasteiger partial charge >= 0.3 is 5.97 Å². The van der Waals surface area contributed by atoms with Gasteiger partial charge < -0.3 is 4.74 Å². The van der Waals surface area contributed by atoms with Gasteiger partial charge in [-0.1, -0.05) is 0 Å². The monoisotopic (exact) mass is 303 g/mol. The second-order valence-electron chi connectivity index (χ2n) is 4.29. The first-order chi connectivity index (χ1) is 8.98. The maximum absolute atomic E-state index is 12.0. The number of carbonyl (C=O) groups excluding carboxylic acids is 1. The van der Waals surface area contributed by atoms with Gasteiger partial charge in [0, 0.05) is 4.88 Å². The predicted molar refractivity (Wildman–Crippen MR) is 75.4 cm³/mol. The normalized spacial score (nSPS) is 14.2. The summed E-state index contributed by atoms with van der Waals surface area (Å²) < 4.78 is 30.9. The molecule has 0 saturated heterocycles. The van der Waals surface area contributed by atoms with Crippen LogP contribution in [0.5, 0.6) is 0 Å². The molecular weight excluding hydrogens is 286 g/mol. The second-order valence-corrected chi connectivity index (χ2v) is 7.40. The van der Waals surface area contributed by atoms with Crippen LogP contribution in [0.3, 0.4) is 0 Å². The zero-order valence-corrected chi connectivity index (χ0v) is 12.6. The number of aryl methyl sites for hydroxylation is 1. The first-order valence-electron chi connectivity index (χ1n) is 6.30. The predicted octanol–water partition coefficient (Wildman–Crippen LogP) is 2.18. The number of rotatable bonds is 5. The first kappa shape index (κ1) is 14.3. The summed E-state index contributed by atoms with van der Waals surface area (Å²) >= 11 is 1.35. The lowest BCUT2D eigenvalue weighted by Crippen LogP contribution is -2.17. The molecule has 7 heteroatoms. The van der Waals surface area contributed by atoms with Gasteiger partial charge in [0.15, 0.2) is 0 Å². The van der Waals surface area contributed by atoms with Crippen LogP contribution in [0.2, 0.25) is 0 Å². The summed E-state index contributed by atoms with van der Waals surface area (Å²) in [6, 6.07) is 0. The summed E-state index contributed by atoms with van der Waals surface area (Å²) in [6.45, 7) is 3.58. The zero-order valence-electron chi connectivity index (χ0n) is 11.0. The SMILES string of the molecule is CCOC(=O)c1c(NS(=O)(=O)CC)sc2c1CCC2. The minimum atomic E-state index is -3.38. The van der Waals surface area contributed by atoms with Gasteiger partial charge in [-0.05, 0) is 38.7 Å². The van der Waals surface area contributed by atoms with E-state index in [1.165, 1.54) is 11.3 Å². The Balaban J connectivity index is 2.41. The van der Waals surface area contributed by atoms with Crippen LogP contribution in [0.25, 0.3) is 0 Å². The van der Waals surface area contributed by atoms with E-state index in [1.807, 2.05) is 0 Å². The van der Waals surface area contributed by atoms with E-state index in [0.29, 0.717) is 10.6 Å². The number of anilines is 1. The quantitative estimate of drug-likeness (QED) is 0.846. The molecule has 1 aromatic heterocycles. The Hall–Kier alpha value is -1.08. The third-order valence-corrected chi connectivity index (χ3v) is 5.64. The number of nitrogens with one attached hydrogen (secondary N) is 1. The van der Waals surface area contributed by atoms with E-state index in [-0.39, 0.29) is 12.4 Å². The third-order valence-electron chi connectivity index (χ3n) is 3.03. The number of fused-ring (bicyclic) bond motifs is 1. The molecule has 1 N–H and O–H groups in total. The molecule has 0 aromatic carbocycles. The van der Waals surface area contributed by atoms with Crippen molar-refractivity contribution in [2.75, 3.05) is 17.1 Å². The first-order valence-corrected chi connectivity index (χ1v) is 8.77. The van der Waals surface area contributed by atoms with E-state index in [9.17, 15) is 13.2 Å². The number of thiophene rings is 1. The molecule has 1 heterocycles. The van der Waals surface area contributed by atoms with Crippen molar-refractivity contribution in [3.05, 3.63) is 16.0 Å². The third kappa shape index (κ3) is 2.92. The molecule has 1 aliphatic carbocycles. The summed E-state index contributed by atoms with van der Waals surface area (Å²) in [5.74, 6) is -0.451. The summed E-state index contributed by atoms with van der Waals surface area (Å²) in [7, 11) is -3.38. The Labute approximate surface area is 117 Å². The van der Waals surface area contributed by atoms with E-state index in [0.717, 1.165) is 29.7 Å². The van der Waals surface area contributed by atoms with Gasteiger partial charge in [-0.25, -0.2) is 13.2 Å². The molecule has 19 heavy (non-hydrogen) atoms. The molecule has 1 aromatic rings. The molecule has 2 rings (SSSR count). The van der Waals surface area contributed by atoms with Gasteiger partial charge in [0.2, 0.25) is 10.0 Å². The molecule has 0 unspecified atom stereocenters. The smallest absolute Gasteiger partial charge is 0.341 e. The summed E-state index contributed by atoms with van der Waals surface area (Å²) in [5.41, 5.74) is 1.37. The van der Waals surface area contributed by atoms with Crippen molar-refractivity contribution >= 4 is 32.3 Å². The molecule has 0 saturated carbocycles. The maximum Gasteiger partial charge on any atom is 0.341 e. The molecule has 0 aliphatic heterocycles.